The van der Waals surface area contributed by atoms with Crippen LogP contribution in [0.1, 0.15) is 51.9 Å². The summed E-state index contributed by atoms with van der Waals surface area (Å²) in [5.74, 6) is 1.36. The van der Waals surface area contributed by atoms with Gasteiger partial charge in [0.15, 0.2) is 0 Å². The first-order chi connectivity index (χ1) is 8.20. The predicted octanol–water partition coefficient (Wildman–Crippen LogP) is 2.96. The number of hydrogen-bond acceptors (Lipinski definition) is 3. The topological polar surface area (TPSA) is 21.3 Å². The summed E-state index contributed by atoms with van der Waals surface area (Å²) in [5, 5.41) is 3.83. The monoisotopic (exact) mass is 255 g/mol. The second-order valence-corrected chi connectivity index (χ2v) is 8.04. The van der Waals surface area contributed by atoms with E-state index in [0.717, 1.165) is 6.61 Å². The third kappa shape index (κ3) is 2.66. The Morgan fingerprint density at radius 2 is 2.18 bits per heavy atom. The third-order valence-electron chi connectivity index (χ3n) is 4.82. The minimum absolute atomic E-state index is 0.291. The van der Waals surface area contributed by atoms with Gasteiger partial charge in [-0.15, -0.1) is 0 Å². The fourth-order valence-corrected chi connectivity index (χ4v) is 4.71. The Morgan fingerprint density at radius 3 is 2.82 bits per heavy atom. The summed E-state index contributed by atoms with van der Waals surface area (Å²) in [5.41, 5.74) is 0.291. The molecule has 1 spiro atoms. The zero-order valence-electron chi connectivity index (χ0n) is 11.0. The zero-order valence-corrected chi connectivity index (χ0v) is 11.8. The normalized spacial score (nSPS) is 40.4. The number of thioether (sulfide) groups is 1. The van der Waals surface area contributed by atoms with Gasteiger partial charge in [0.25, 0.3) is 0 Å². The van der Waals surface area contributed by atoms with E-state index < -0.39 is 0 Å². The van der Waals surface area contributed by atoms with Crippen LogP contribution in [0.5, 0.6) is 0 Å². The van der Waals surface area contributed by atoms with Crippen LogP contribution in [0.4, 0.5) is 0 Å². The zero-order chi connectivity index (χ0) is 11.8. The predicted molar refractivity (Wildman–Crippen MR) is 73.7 cm³/mol. The first-order valence-electron chi connectivity index (χ1n) is 7.21. The molecule has 1 saturated carbocycles. The molecule has 3 aliphatic rings. The van der Waals surface area contributed by atoms with Gasteiger partial charge in [-0.2, -0.15) is 11.8 Å². The van der Waals surface area contributed by atoms with Gasteiger partial charge < -0.3 is 10.1 Å². The highest BCUT2D eigenvalue weighted by Crippen LogP contribution is 2.43. The molecule has 2 aliphatic heterocycles. The Bertz CT molecular complexity index is 271. The SMILES string of the molecule is CC1(CNC2CCOC3(CCC3)C2)CCCS1. The summed E-state index contributed by atoms with van der Waals surface area (Å²) in [6.07, 6.45) is 9.24. The van der Waals surface area contributed by atoms with Crippen molar-refractivity contribution in [1.29, 1.82) is 0 Å². The first-order valence-corrected chi connectivity index (χ1v) is 8.20. The molecule has 2 heterocycles. The van der Waals surface area contributed by atoms with E-state index in [1.165, 1.54) is 57.2 Å². The third-order valence-corrected chi connectivity index (χ3v) is 6.36. The average Bonchev–Trinajstić information content (AvgIpc) is 2.73. The minimum Gasteiger partial charge on any atom is -0.375 e. The summed E-state index contributed by atoms with van der Waals surface area (Å²) in [6.45, 7) is 4.59. The molecule has 3 rings (SSSR count). The molecule has 0 aromatic heterocycles. The molecular weight excluding hydrogens is 230 g/mol. The van der Waals surface area contributed by atoms with Gasteiger partial charge in [-0.05, 0) is 57.6 Å². The van der Waals surface area contributed by atoms with Gasteiger partial charge in [-0.3, -0.25) is 0 Å². The van der Waals surface area contributed by atoms with Crippen LogP contribution in [0.3, 0.4) is 0 Å². The van der Waals surface area contributed by atoms with Crippen molar-refractivity contribution in [2.45, 2.75) is 68.3 Å². The van der Waals surface area contributed by atoms with Crippen molar-refractivity contribution in [2.24, 2.45) is 0 Å². The summed E-state index contributed by atoms with van der Waals surface area (Å²) in [7, 11) is 0. The maximum Gasteiger partial charge on any atom is 0.0697 e. The molecule has 3 fully saturated rings. The second kappa shape index (κ2) is 4.75. The van der Waals surface area contributed by atoms with Gasteiger partial charge in [0, 0.05) is 23.9 Å². The van der Waals surface area contributed by atoms with Crippen molar-refractivity contribution in [2.75, 3.05) is 18.9 Å². The molecule has 2 atom stereocenters. The fourth-order valence-electron chi connectivity index (χ4n) is 3.46. The molecule has 17 heavy (non-hydrogen) atoms. The van der Waals surface area contributed by atoms with E-state index in [1.807, 2.05) is 0 Å². The molecule has 1 aliphatic carbocycles. The molecule has 2 unspecified atom stereocenters. The van der Waals surface area contributed by atoms with Crippen molar-refractivity contribution in [3.05, 3.63) is 0 Å². The second-order valence-electron chi connectivity index (χ2n) is 6.36. The summed E-state index contributed by atoms with van der Waals surface area (Å²) in [6, 6.07) is 0.710. The van der Waals surface area contributed by atoms with Crippen molar-refractivity contribution in [3.63, 3.8) is 0 Å². The Kier molecular flexibility index (Phi) is 3.44. The highest BCUT2D eigenvalue weighted by molar-refractivity contribution is 8.00. The van der Waals surface area contributed by atoms with Gasteiger partial charge in [0.05, 0.1) is 5.60 Å². The van der Waals surface area contributed by atoms with E-state index >= 15 is 0 Å². The van der Waals surface area contributed by atoms with Gasteiger partial charge in [0.1, 0.15) is 0 Å². The van der Waals surface area contributed by atoms with Gasteiger partial charge in [-0.25, -0.2) is 0 Å². The van der Waals surface area contributed by atoms with E-state index in [0.29, 0.717) is 16.4 Å². The van der Waals surface area contributed by atoms with Crippen LogP contribution >= 0.6 is 11.8 Å². The maximum absolute atomic E-state index is 5.98. The Morgan fingerprint density at radius 1 is 1.29 bits per heavy atom. The van der Waals surface area contributed by atoms with Crippen LogP contribution in [0.25, 0.3) is 0 Å². The number of nitrogens with one attached hydrogen (secondary N) is 1. The van der Waals surface area contributed by atoms with Gasteiger partial charge in [0.2, 0.25) is 0 Å². The molecule has 2 nitrogen and oxygen atoms in total. The molecular formula is C14H25NOS. The van der Waals surface area contributed by atoms with Gasteiger partial charge in [-0.1, -0.05) is 0 Å². The lowest BCUT2D eigenvalue weighted by atomic mass is 9.74. The lowest BCUT2D eigenvalue weighted by Crippen LogP contribution is -2.52. The van der Waals surface area contributed by atoms with Crippen LogP contribution in [0.2, 0.25) is 0 Å². The van der Waals surface area contributed by atoms with Crippen LogP contribution in [-0.2, 0) is 4.74 Å². The lowest BCUT2D eigenvalue weighted by Gasteiger charge is -2.47. The minimum atomic E-state index is 0.291. The molecule has 0 aromatic carbocycles. The van der Waals surface area contributed by atoms with Gasteiger partial charge >= 0.3 is 0 Å². The van der Waals surface area contributed by atoms with Crippen LogP contribution in [-0.4, -0.2) is 35.3 Å². The van der Waals surface area contributed by atoms with Crippen molar-refractivity contribution in [3.8, 4) is 0 Å². The lowest BCUT2D eigenvalue weighted by molar-refractivity contribution is -0.135. The Hall–Kier alpha value is 0.270. The van der Waals surface area contributed by atoms with Crippen LogP contribution < -0.4 is 5.32 Å². The van der Waals surface area contributed by atoms with E-state index in [4.69, 9.17) is 4.74 Å². The van der Waals surface area contributed by atoms with Crippen LogP contribution in [0, 0.1) is 0 Å². The van der Waals surface area contributed by atoms with Crippen molar-refractivity contribution >= 4 is 11.8 Å². The van der Waals surface area contributed by atoms with E-state index in [1.54, 1.807) is 0 Å². The molecule has 0 amide bonds. The first kappa shape index (κ1) is 12.3. The molecule has 0 aromatic rings. The standard InChI is InChI=1S/C14H25NOS/c1-13(5-3-9-17-13)11-15-12-4-8-16-14(10-12)6-2-7-14/h12,15H,2-11H2,1H3. The molecule has 2 saturated heterocycles. The quantitative estimate of drug-likeness (QED) is 0.838. The summed E-state index contributed by atoms with van der Waals surface area (Å²) >= 11 is 2.16. The Labute approximate surface area is 109 Å². The highest BCUT2D eigenvalue weighted by Gasteiger charge is 2.42. The molecule has 0 radical (unpaired) electrons. The molecule has 3 heteroatoms. The number of ether oxygens (including phenoxy) is 1. The maximum atomic E-state index is 5.98. The molecule has 1 N–H and O–H groups in total. The fraction of sp³-hybridized carbons (Fsp3) is 1.00. The van der Waals surface area contributed by atoms with Crippen molar-refractivity contribution < 1.29 is 4.74 Å². The van der Waals surface area contributed by atoms with Crippen molar-refractivity contribution in [1.82, 2.24) is 5.32 Å². The Balaban J connectivity index is 1.48. The molecule has 98 valence electrons. The largest absolute Gasteiger partial charge is 0.375 e. The smallest absolute Gasteiger partial charge is 0.0697 e. The average molecular weight is 255 g/mol. The van der Waals surface area contributed by atoms with E-state index in [9.17, 15) is 0 Å². The summed E-state index contributed by atoms with van der Waals surface area (Å²) in [4.78, 5) is 0. The molecule has 0 bridgehead atoms. The number of rotatable bonds is 3. The van der Waals surface area contributed by atoms with E-state index in [2.05, 4.69) is 24.0 Å². The number of hydrogen-bond donors (Lipinski definition) is 1. The summed E-state index contributed by atoms with van der Waals surface area (Å²) < 4.78 is 6.49. The van der Waals surface area contributed by atoms with E-state index in [-0.39, 0.29) is 0 Å². The highest BCUT2D eigenvalue weighted by atomic mass is 32.2. The van der Waals surface area contributed by atoms with Crippen LogP contribution in [0.15, 0.2) is 0 Å².